The lowest BCUT2D eigenvalue weighted by molar-refractivity contribution is 0.0521. The summed E-state index contributed by atoms with van der Waals surface area (Å²) in [5, 5.41) is 9.15. The molecule has 0 heterocycles. The third kappa shape index (κ3) is 7.26. The number of ether oxygens (including phenoxy) is 1. The highest BCUT2D eigenvalue weighted by atomic mass is 16.5. The Kier molecular flexibility index (Phi) is 8.08. The Morgan fingerprint density at radius 1 is 1.50 bits per heavy atom. The molecular formula is C10H24N2O2. The first kappa shape index (κ1) is 13.8. The Balaban J connectivity index is 3.56. The third-order valence-electron chi connectivity index (χ3n) is 2.07. The van der Waals surface area contributed by atoms with Crippen molar-refractivity contribution in [3.05, 3.63) is 0 Å². The van der Waals surface area contributed by atoms with E-state index in [9.17, 15) is 0 Å². The minimum absolute atomic E-state index is 0.149. The van der Waals surface area contributed by atoms with E-state index in [0.29, 0.717) is 19.7 Å². The molecule has 3 N–H and O–H groups in total. The van der Waals surface area contributed by atoms with Crippen LogP contribution in [0.15, 0.2) is 0 Å². The summed E-state index contributed by atoms with van der Waals surface area (Å²) in [6.07, 6.45) is 0.799. The van der Waals surface area contributed by atoms with Gasteiger partial charge in [-0.25, -0.2) is 0 Å². The molecule has 14 heavy (non-hydrogen) atoms. The number of nitrogens with zero attached hydrogens (tertiary/aromatic N) is 1. The fourth-order valence-electron chi connectivity index (χ4n) is 1.41. The average Bonchev–Trinajstić information content (AvgIpc) is 2.11. The van der Waals surface area contributed by atoms with Gasteiger partial charge in [0.15, 0.2) is 0 Å². The van der Waals surface area contributed by atoms with Gasteiger partial charge in [0.25, 0.3) is 0 Å². The number of rotatable bonds is 8. The molecule has 86 valence electrons. The van der Waals surface area contributed by atoms with Crippen LogP contribution in [0.2, 0.25) is 0 Å². The van der Waals surface area contributed by atoms with Gasteiger partial charge < -0.3 is 20.5 Å². The van der Waals surface area contributed by atoms with Crippen LogP contribution in [0, 0.1) is 0 Å². The predicted octanol–water partition coefficient (Wildman–Crippen LogP) is 0.0529. The Bertz CT molecular complexity index is 131. The van der Waals surface area contributed by atoms with Crippen molar-refractivity contribution in [2.45, 2.75) is 32.5 Å². The summed E-state index contributed by atoms with van der Waals surface area (Å²) < 4.78 is 5.43. The number of aliphatic hydroxyl groups excluding tert-OH is 1. The quantitative estimate of drug-likeness (QED) is 0.587. The molecule has 0 fully saturated rings. The Morgan fingerprint density at radius 3 is 2.57 bits per heavy atom. The first-order valence-corrected chi connectivity index (χ1v) is 5.28. The van der Waals surface area contributed by atoms with Crippen molar-refractivity contribution in [2.24, 2.45) is 5.73 Å². The number of aliphatic hydroxyl groups is 1. The Labute approximate surface area is 87.0 Å². The predicted molar refractivity (Wildman–Crippen MR) is 58.3 cm³/mol. The molecule has 0 aromatic carbocycles. The van der Waals surface area contributed by atoms with Crippen molar-refractivity contribution in [3.63, 3.8) is 0 Å². The van der Waals surface area contributed by atoms with Gasteiger partial charge in [0.1, 0.15) is 0 Å². The summed E-state index contributed by atoms with van der Waals surface area (Å²) in [7, 11) is 1.99. The normalized spacial score (nSPS) is 15.9. The summed E-state index contributed by atoms with van der Waals surface area (Å²) in [5.41, 5.74) is 5.55. The van der Waals surface area contributed by atoms with Gasteiger partial charge in [0.2, 0.25) is 0 Å². The zero-order valence-corrected chi connectivity index (χ0v) is 9.57. The first-order chi connectivity index (χ1) is 6.60. The molecule has 4 heteroatoms. The smallest absolute Gasteiger partial charge is 0.0709 e. The fraction of sp³-hybridized carbons (Fsp3) is 1.00. The van der Waals surface area contributed by atoms with Crippen LogP contribution in [-0.2, 0) is 4.74 Å². The van der Waals surface area contributed by atoms with Crippen LogP contribution < -0.4 is 5.73 Å². The van der Waals surface area contributed by atoms with Gasteiger partial charge in [0, 0.05) is 26.2 Å². The van der Waals surface area contributed by atoms with Crippen LogP contribution >= 0.6 is 0 Å². The van der Waals surface area contributed by atoms with Crippen molar-refractivity contribution >= 4 is 0 Å². The van der Waals surface area contributed by atoms with E-state index in [1.807, 2.05) is 14.0 Å². The van der Waals surface area contributed by atoms with Gasteiger partial charge in [-0.2, -0.15) is 0 Å². The van der Waals surface area contributed by atoms with Gasteiger partial charge in [-0.15, -0.1) is 0 Å². The number of likely N-dealkylation sites (N-methyl/N-ethyl adjacent to an activating group) is 1. The first-order valence-electron chi connectivity index (χ1n) is 5.28. The molecule has 0 spiro atoms. The molecule has 0 bridgehead atoms. The monoisotopic (exact) mass is 204 g/mol. The number of nitrogens with two attached hydrogens (primary N) is 1. The molecule has 0 aromatic rings. The maximum atomic E-state index is 9.15. The molecule has 2 atom stereocenters. The lowest BCUT2D eigenvalue weighted by atomic mass is 10.2. The lowest BCUT2D eigenvalue weighted by Crippen LogP contribution is -2.33. The molecular weight excluding hydrogens is 180 g/mol. The Hall–Kier alpha value is -0.160. The molecule has 0 radical (unpaired) electrons. The minimum atomic E-state index is -0.275. The van der Waals surface area contributed by atoms with Crippen molar-refractivity contribution in [2.75, 3.05) is 33.3 Å². The second kappa shape index (κ2) is 8.17. The van der Waals surface area contributed by atoms with Crippen molar-refractivity contribution in [1.82, 2.24) is 4.90 Å². The number of hydrogen-bond acceptors (Lipinski definition) is 4. The van der Waals surface area contributed by atoms with Crippen LogP contribution in [0.3, 0.4) is 0 Å². The molecule has 0 aromatic heterocycles. The topological polar surface area (TPSA) is 58.7 Å². The fourth-order valence-corrected chi connectivity index (χ4v) is 1.41. The summed E-state index contributed by atoms with van der Waals surface area (Å²) in [5.74, 6) is 0. The third-order valence-corrected chi connectivity index (χ3v) is 2.07. The van der Waals surface area contributed by atoms with Crippen molar-refractivity contribution in [1.29, 1.82) is 0 Å². The second-order valence-corrected chi connectivity index (χ2v) is 3.71. The van der Waals surface area contributed by atoms with E-state index in [-0.39, 0.29) is 12.2 Å². The summed E-state index contributed by atoms with van der Waals surface area (Å²) in [6.45, 7) is 6.65. The van der Waals surface area contributed by atoms with E-state index < -0.39 is 0 Å². The lowest BCUT2D eigenvalue weighted by Gasteiger charge is -2.21. The molecule has 0 aliphatic carbocycles. The average molecular weight is 204 g/mol. The van der Waals surface area contributed by atoms with Crippen LogP contribution in [-0.4, -0.2) is 55.5 Å². The minimum Gasteiger partial charge on any atom is -0.392 e. The van der Waals surface area contributed by atoms with Crippen LogP contribution in [0.4, 0.5) is 0 Å². The van der Waals surface area contributed by atoms with E-state index in [2.05, 4.69) is 4.90 Å². The van der Waals surface area contributed by atoms with E-state index in [1.165, 1.54) is 0 Å². The molecule has 0 aliphatic heterocycles. The molecule has 0 aliphatic rings. The van der Waals surface area contributed by atoms with Crippen LogP contribution in [0.1, 0.15) is 20.3 Å². The highest BCUT2D eigenvalue weighted by Crippen LogP contribution is 1.99. The molecule has 4 nitrogen and oxygen atoms in total. The standard InChI is InChI=1S/C10H24N2O2/c1-4-14-10(7-11)5-6-12(3)8-9(2)13/h9-10,13H,4-8,11H2,1-3H3. The van der Waals surface area contributed by atoms with Gasteiger partial charge >= 0.3 is 0 Å². The SMILES string of the molecule is CCOC(CN)CCN(C)CC(C)O. The van der Waals surface area contributed by atoms with Crippen molar-refractivity contribution in [3.8, 4) is 0 Å². The van der Waals surface area contributed by atoms with Crippen LogP contribution in [0.5, 0.6) is 0 Å². The molecule has 2 unspecified atom stereocenters. The highest BCUT2D eigenvalue weighted by Gasteiger charge is 2.08. The maximum Gasteiger partial charge on any atom is 0.0709 e. The molecule has 0 saturated heterocycles. The maximum absolute atomic E-state index is 9.15. The number of hydrogen-bond donors (Lipinski definition) is 2. The van der Waals surface area contributed by atoms with E-state index >= 15 is 0 Å². The van der Waals surface area contributed by atoms with Crippen molar-refractivity contribution < 1.29 is 9.84 Å². The second-order valence-electron chi connectivity index (χ2n) is 3.71. The molecule has 0 saturated carbocycles. The van der Waals surface area contributed by atoms with E-state index in [4.69, 9.17) is 15.6 Å². The van der Waals surface area contributed by atoms with E-state index in [1.54, 1.807) is 6.92 Å². The summed E-state index contributed by atoms with van der Waals surface area (Å²) in [6, 6.07) is 0. The van der Waals surface area contributed by atoms with Gasteiger partial charge in [-0.1, -0.05) is 0 Å². The zero-order chi connectivity index (χ0) is 11.0. The molecule has 0 rings (SSSR count). The van der Waals surface area contributed by atoms with Gasteiger partial charge in [0.05, 0.1) is 12.2 Å². The van der Waals surface area contributed by atoms with Crippen LogP contribution in [0.25, 0.3) is 0 Å². The molecule has 0 amide bonds. The largest absolute Gasteiger partial charge is 0.392 e. The summed E-state index contributed by atoms with van der Waals surface area (Å²) in [4.78, 5) is 2.09. The van der Waals surface area contributed by atoms with E-state index in [0.717, 1.165) is 13.0 Å². The Morgan fingerprint density at radius 2 is 2.14 bits per heavy atom. The van der Waals surface area contributed by atoms with Gasteiger partial charge in [-0.3, -0.25) is 0 Å². The highest BCUT2D eigenvalue weighted by molar-refractivity contribution is 4.63. The van der Waals surface area contributed by atoms with Gasteiger partial charge in [-0.05, 0) is 27.3 Å². The summed E-state index contributed by atoms with van der Waals surface area (Å²) >= 11 is 0. The zero-order valence-electron chi connectivity index (χ0n) is 9.57.